The van der Waals surface area contributed by atoms with Gasteiger partial charge in [-0.25, -0.2) is 4.98 Å². The second-order valence-electron chi connectivity index (χ2n) is 5.73. The summed E-state index contributed by atoms with van der Waals surface area (Å²) in [6.45, 7) is 0. The number of hydrogen-bond acceptors (Lipinski definition) is 4. The molecule has 116 valence electrons. The molecule has 0 aliphatic heterocycles. The van der Waals surface area contributed by atoms with Crippen molar-refractivity contribution >= 4 is 32.6 Å². The first kappa shape index (κ1) is 14.2. The SMILES string of the molecule is COc1cccc2sc(NC(=O)C3(c4ccccc4)CC3)nc12. The minimum atomic E-state index is -0.386. The number of rotatable bonds is 4. The first-order valence-electron chi connectivity index (χ1n) is 7.53. The Balaban J connectivity index is 1.62. The molecule has 1 N–H and O–H groups in total. The topological polar surface area (TPSA) is 51.2 Å². The molecule has 1 aliphatic carbocycles. The first-order valence-corrected chi connectivity index (χ1v) is 8.35. The normalized spacial score (nSPS) is 15.3. The number of anilines is 1. The Morgan fingerprint density at radius 3 is 2.65 bits per heavy atom. The zero-order valence-corrected chi connectivity index (χ0v) is 13.5. The van der Waals surface area contributed by atoms with Crippen LogP contribution in [0.3, 0.4) is 0 Å². The smallest absolute Gasteiger partial charge is 0.236 e. The van der Waals surface area contributed by atoms with Gasteiger partial charge in [0.15, 0.2) is 5.13 Å². The van der Waals surface area contributed by atoms with E-state index in [2.05, 4.69) is 10.3 Å². The van der Waals surface area contributed by atoms with Gasteiger partial charge in [-0.05, 0) is 30.5 Å². The van der Waals surface area contributed by atoms with Gasteiger partial charge in [0.25, 0.3) is 0 Å². The summed E-state index contributed by atoms with van der Waals surface area (Å²) >= 11 is 1.47. The summed E-state index contributed by atoms with van der Waals surface area (Å²) in [4.78, 5) is 17.3. The number of thiazole rings is 1. The van der Waals surface area contributed by atoms with Crippen molar-refractivity contribution < 1.29 is 9.53 Å². The molecule has 2 aromatic carbocycles. The van der Waals surface area contributed by atoms with Crippen LogP contribution in [0.25, 0.3) is 10.2 Å². The van der Waals surface area contributed by atoms with E-state index in [1.165, 1.54) is 11.3 Å². The maximum Gasteiger partial charge on any atom is 0.236 e. The summed E-state index contributed by atoms with van der Waals surface area (Å²) in [5, 5.41) is 3.62. The lowest BCUT2D eigenvalue weighted by atomic mass is 9.95. The van der Waals surface area contributed by atoms with Crippen LogP contribution in [0.1, 0.15) is 18.4 Å². The number of nitrogens with zero attached hydrogens (tertiary/aromatic N) is 1. The average molecular weight is 324 g/mol. The highest BCUT2D eigenvalue weighted by Gasteiger charge is 2.51. The number of aromatic nitrogens is 1. The van der Waals surface area contributed by atoms with Gasteiger partial charge in [0.2, 0.25) is 5.91 Å². The minimum Gasteiger partial charge on any atom is -0.494 e. The molecule has 3 aromatic rings. The maximum atomic E-state index is 12.8. The van der Waals surface area contributed by atoms with Crippen LogP contribution in [0, 0.1) is 0 Å². The number of carbonyl (C=O) groups excluding carboxylic acids is 1. The average Bonchev–Trinajstić information content (AvgIpc) is 3.30. The molecule has 4 rings (SSSR count). The molecule has 0 spiro atoms. The molecule has 1 aromatic heterocycles. The Bertz CT molecular complexity index is 869. The van der Waals surface area contributed by atoms with Crippen LogP contribution in [0.15, 0.2) is 48.5 Å². The van der Waals surface area contributed by atoms with Crippen molar-refractivity contribution in [3.63, 3.8) is 0 Å². The quantitative estimate of drug-likeness (QED) is 0.790. The van der Waals surface area contributed by atoms with E-state index in [9.17, 15) is 4.79 Å². The van der Waals surface area contributed by atoms with Crippen molar-refractivity contribution in [1.29, 1.82) is 0 Å². The third-order valence-corrected chi connectivity index (χ3v) is 5.27. The predicted molar refractivity (Wildman–Crippen MR) is 92.2 cm³/mol. The van der Waals surface area contributed by atoms with E-state index in [0.29, 0.717) is 5.13 Å². The summed E-state index contributed by atoms with van der Waals surface area (Å²) in [6.07, 6.45) is 1.77. The molecule has 1 saturated carbocycles. The van der Waals surface area contributed by atoms with Crippen LogP contribution in [0.4, 0.5) is 5.13 Å². The lowest BCUT2D eigenvalue weighted by Crippen LogP contribution is -2.27. The molecule has 23 heavy (non-hydrogen) atoms. The Hall–Kier alpha value is -2.40. The second kappa shape index (κ2) is 5.35. The molecule has 0 saturated heterocycles. The number of methoxy groups -OCH3 is 1. The fourth-order valence-corrected chi connectivity index (χ4v) is 3.77. The molecule has 1 aliphatic rings. The van der Waals surface area contributed by atoms with Crippen molar-refractivity contribution in [2.45, 2.75) is 18.3 Å². The van der Waals surface area contributed by atoms with Gasteiger partial charge in [0.05, 0.1) is 17.2 Å². The molecule has 5 heteroatoms. The van der Waals surface area contributed by atoms with Crippen molar-refractivity contribution in [3.05, 3.63) is 54.1 Å². The van der Waals surface area contributed by atoms with Gasteiger partial charge in [0.1, 0.15) is 11.3 Å². The van der Waals surface area contributed by atoms with Crippen LogP contribution in [0.2, 0.25) is 0 Å². The first-order chi connectivity index (χ1) is 11.2. The standard InChI is InChI=1S/C18H16N2O2S/c1-22-13-8-5-9-14-15(13)19-17(23-14)20-16(21)18(10-11-18)12-6-3-2-4-7-12/h2-9H,10-11H2,1H3,(H,19,20,21). The van der Waals surface area contributed by atoms with Crippen LogP contribution < -0.4 is 10.1 Å². The minimum absolute atomic E-state index is 0.0294. The zero-order chi connectivity index (χ0) is 15.9. The summed E-state index contributed by atoms with van der Waals surface area (Å²) in [7, 11) is 1.63. The highest BCUT2D eigenvalue weighted by atomic mass is 32.1. The molecule has 0 atom stereocenters. The van der Waals surface area contributed by atoms with Gasteiger partial charge in [-0.1, -0.05) is 47.7 Å². The summed E-state index contributed by atoms with van der Waals surface area (Å²) in [5.41, 5.74) is 1.49. The van der Waals surface area contributed by atoms with Gasteiger partial charge >= 0.3 is 0 Å². The van der Waals surface area contributed by atoms with Crippen LogP contribution in [-0.4, -0.2) is 18.0 Å². The number of para-hydroxylation sites is 1. The predicted octanol–water partition coefficient (Wildman–Crippen LogP) is 3.98. The second-order valence-corrected chi connectivity index (χ2v) is 6.76. The summed E-state index contributed by atoms with van der Waals surface area (Å²) < 4.78 is 6.33. The summed E-state index contributed by atoms with van der Waals surface area (Å²) in [5.74, 6) is 0.755. The van der Waals surface area contributed by atoms with Gasteiger partial charge in [-0.15, -0.1) is 0 Å². The highest BCUT2D eigenvalue weighted by molar-refractivity contribution is 7.22. The van der Waals surface area contributed by atoms with E-state index in [-0.39, 0.29) is 11.3 Å². The van der Waals surface area contributed by atoms with E-state index >= 15 is 0 Å². The van der Waals surface area contributed by atoms with Crippen molar-refractivity contribution in [3.8, 4) is 5.75 Å². The third kappa shape index (κ3) is 2.37. The monoisotopic (exact) mass is 324 g/mol. The van der Waals surface area contributed by atoms with Gasteiger partial charge in [0, 0.05) is 0 Å². The number of ether oxygens (including phenoxy) is 1. The molecule has 0 radical (unpaired) electrons. The van der Waals surface area contributed by atoms with Gasteiger partial charge in [-0.3, -0.25) is 4.79 Å². The van der Waals surface area contributed by atoms with Crippen molar-refractivity contribution in [2.75, 3.05) is 12.4 Å². The lowest BCUT2D eigenvalue weighted by Gasteiger charge is -2.14. The highest BCUT2D eigenvalue weighted by Crippen LogP contribution is 2.49. The van der Waals surface area contributed by atoms with E-state index < -0.39 is 0 Å². The number of fused-ring (bicyclic) bond motifs is 1. The largest absolute Gasteiger partial charge is 0.494 e. The molecule has 4 nitrogen and oxygen atoms in total. The number of nitrogens with one attached hydrogen (secondary N) is 1. The zero-order valence-electron chi connectivity index (χ0n) is 12.7. The molecule has 1 amide bonds. The number of benzene rings is 2. The van der Waals surface area contributed by atoms with Crippen LogP contribution in [0.5, 0.6) is 5.75 Å². The van der Waals surface area contributed by atoms with Crippen LogP contribution >= 0.6 is 11.3 Å². The third-order valence-electron chi connectivity index (χ3n) is 4.33. The fourth-order valence-electron chi connectivity index (χ4n) is 2.89. The molecule has 1 heterocycles. The van der Waals surface area contributed by atoms with E-state index in [1.807, 2.05) is 48.5 Å². The van der Waals surface area contributed by atoms with Gasteiger partial charge < -0.3 is 10.1 Å². The van der Waals surface area contributed by atoms with Crippen LogP contribution in [-0.2, 0) is 10.2 Å². The Morgan fingerprint density at radius 2 is 1.96 bits per heavy atom. The Labute approximate surface area is 138 Å². The summed E-state index contributed by atoms with van der Waals surface area (Å²) in [6, 6.07) is 15.8. The number of amides is 1. The maximum absolute atomic E-state index is 12.8. The number of hydrogen-bond donors (Lipinski definition) is 1. The van der Waals surface area contributed by atoms with Crippen molar-refractivity contribution in [2.24, 2.45) is 0 Å². The Morgan fingerprint density at radius 1 is 1.17 bits per heavy atom. The van der Waals surface area contributed by atoms with Crippen molar-refractivity contribution in [1.82, 2.24) is 4.98 Å². The van der Waals surface area contributed by atoms with Gasteiger partial charge in [-0.2, -0.15) is 0 Å². The van der Waals surface area contributed by atoms with E-state index in [1.54, 1.807) is 7.11 Å². The molecular formula is C18H16N2O2S. The lowest BCUT2D eigenvalue weighted by molar-refractivity contribution is -0.118. The Kier molecular flexibility index (Phi) is 3.31. The molecule has 1 fully saturated rings. The molecule has 0 bridgehead atoms. The molecule has 0 unspecified atom stereocenters. The fraction of sp³-hybridized carbons (Fsp3) is 0.222. The number of carbonyl (C=O) groups is 1. The van der Waals surface area contributed by atoms with E-state index in [4.69, 9.17) is 4.74 Å². The van der Waals surface area contributed by atoms with E-state index in [0.717, 1.165) is 34.4 Å². The molecular weight excluding hydrogens is 308 g/mol.